The van der Waals surface area contributed by atoms with Crippen LogP contribution in [0.2, 0.25) is 0 Å². The molecular formula is C18H24N2S2. The van der Waals surface area contributed by atoms with Gasteiger partial charge in [0, 0.05) is 29.4 Å². The van der Waals surface area contributed by atoms with E-state index in [4.69, 9.17) is 0 Å². The van der Waals surface area contributed by atoms with Crippen molar-refractivity contribution in [2.24, 2.45) is 5.41 Å². The van der Waals surface area contributed by atoms with Crippen molar-refractivity contribution in [1.82, 2.24) is 9.80 Å². The molecule has 118 valence electrons. The summed E-state index contributed by atoms with van der Waals surface area (Å²) in [7, 11) is 0. The SMILES string of the molecule is c1csc(CN2CCC3(CC2)CCN(Cc2cccs2)C3)c1. The van der Waals surface area contributed by atoms with Crippen LogP contribution in [-0.2, 0) is 13.1 Å². The molecule has 2 aromatic heterocycles. The fourth-order valence-electron chi connectivity index (χ4n) is 4.00. The Morgan fingerprint density at radius 1 is 0.818 bits per heavy atom. The maximum absolute atomic E-state index is 2.68. The first kappa shape index (κ1) is 14.9. The van der Waals surface area contributed by atoms with E-state index in [0.29, 0.717) is 5.41 Å². The van der Waals surface area contributed by atoms with E-state index in [1.165, 1.54) is 61.7 Å². The standard InChI is InChI=1S/C18H24N2S2/c1-3-16(21-11-1)13-19-8-5-18(6-9-19)7-10-20(15-18)14-17-4-2-12-22-17/h1-4,11-12H,5-10,13-15H2. The third-order valence-electron chi connectivity index (χ3n) is 5.35. The lowest BCUT2D eigenvalue weighted by Gasteiger charge is -2.39. The molecule has 0 radical (unpaired) electrons. The monoisotopic (exact) mass is 332 g/mol. The summed E-state index contributed by atoms with van der Waals surface area (Å²) in [6.45, 7) is 7.50. The van der Waals surface area contributed by atoms with Gasteiger partial charge in [-0.3, -0.25) is 9.80 Å². The summed E-state index contributed by atoms with van der Waals surface area (Å²) in [5, 5.41) is 4.39. The van der Waals surface area contributed by atoms with Crippen molar-refractivity contribution in [3.8, 4) is 0 Å². The van der Waals surface area contributed by atoms with Gasteiger partial charge in [-0.25, -0.2) is 0 Å². The molecule has 2 saturated heterocycles. The zero-order valence-corrected chi connectivity index (χ0v) is 14.7. The van der Waals surface area contributed by atoms with E-state index >= 15 is 0 Å². The van der Waals surface area contributed by atoms with Gasteiger partial charge in [0.05, 0.1) is 0 Å². The van der Waals surface area contributed by atoms with Gasteiger partial charge in [-0.15, -0.1) is 22.7 Å². The second-order valence-electron chi connectivity index (χ2n) is 6.90. The smallest absolute Gasteiger partial charge is 0.0328 e. The highest BCUT2D eigenvalue weighted by Gasteiger charge is 2.40. The van der Waals surface area contributed by atoms with Gasteiger partial charge in [0.2, 0.25) is 0 Å². The quantitative estimate of drug-likeness (QED) is 0.824. The summed E-state index contributed by atoms with van der Waals surface area (Å²) in [4.78, 5) is 8.37. The number of hydrogen-bond acceptors (Lipinski definition) is 4. The van der Waals surface area contributed by atoms with Gasteiger partial charge in [0.1, 0.15) is 0 Å². The maximum atomic E-state index is 2.68. The van der Waals surface area contributed by atoms with Crippen LogP contribution < -0.4 is 0 Å². The molecule has 0 atom stereocenters. The molecule has 0 aromatic carbocycles. The average molecular weight is 333 g/mol. The number of piperidine rings is 1. The lowest BCUT2D eigenvalue weighted by molar-refractivity contribution is 0.103. The molecule has 0 bridgehead atoms. The molecule has 22 heavy (non-hydrogen) atoms. The Kier molecular flexibility index (Phi) is 4.36. The molecule has 0 saturated carbocycles. The van der Waals surface area contributed by atoms with Crippen molar-refractivity contribution >= 4 is 22.7 Å². The normalized spacial score (nSPS) is 22.5. The van der Waals surface area contributed by atoms with Crippen LogP contribution in [0.1, 0.15) is 29.0 Å². The molecule has 0 aliphatic carbocycles. The van der Waals surface area contributed by atoms with E-state index in [0.717, 1.165) is 6.54 Å². The molecule has 1 spiro atoms. The Bertz CT molecular complexity index is 568. The molecule has 2 aliphatic rings. The van der Waals surface area contributed by atoms with Gasteiger partial charge in [-0.05, 0) is 67.2 Å². The minimum absolute atomic E-state index is 0.614. The highest BCUT2D eigenvalue weighted by atomic mass is 32.1. The number of thiophene rings is 2. The van der Waals surface area contributed by atoms with Gasteiger partial charge < -0.3 is 0 Å². The second-order valence-corrected chi connectivity index (χ2v) is 8.96. The van der Waals surface area contributed by atoms with Crippen LogP contribution in [0.4, 0.5) is 0 Å². The molecular weight excluding hydrogens is 308 g/mol. The molecule has 4 rings (SSSR count). The Balaban J connectivity index is 1.29. The van der Waals surface area contributed by atoms with Crippen LogP contribution >= 0.6 is 22.7 Å². The summed E-state index contributed by atoms with van der Waals surface area (Å²) in [6.07, 6.45) is 4.18. The number of hydrogen-bond donors (Lipinski definition) is 0. The van der Waals surface area contributed by atoms with Crippen LogP contribution in [0.3, 0.4) is 0 Å². The summed E-state index contributed by atoms with van der Waals surface area (Å²) in [5.41, 5.74) is 0.614. The molecule has 2 nitrogen and oxygen atoms in total. The first-order valence-electron chi connectivity index (χ1n) is 8.31. The van der Waals surface area contributed by atoms with Crippen molar-refractivity contribution in [1.29, 1.82) is 0 Å². The van der Waals surface area contributed by atoms with Gasteiger partial charge in [0.25, 0.3) is 0 Å². The fraction of sp³-hybridized carbons (Fsp3) is 0.556. The zero-order valence-electron chi connectivity index (χ0n) is 13.0. The van der Waals surface area contributed by atoms with Crippen LogP contribution in [0, 0.1) is 5.41 Å². The first-order valence-corrected chi connectivity index (χ1v) is 10.1. The lowest BCUT2D eigenvalue weighted by Crippen LogP contribution is -2.41. The van der Waals surface area contributed by atoms with E-state index < -0.39 is 0 Å². The highest BCUT2D eigenvalue weighted by molar-refractivity contribution is 7.10. The molecule has 0 amide bonds. The Morgan fingerprint density at radius 2 is 1.36 bits per heavy atom. The van der Waals surface area contributed by atoms with Crippen molar-refractivity contribution in [3.63, 3.8) is 0 Å². The zero-order chi connectivity index (χ0) is 14.8. The molecule has 4 heteroatoms. The van der Waals surface area contributed by atoms with Crippen molar-refractivity contribution in [2.75, 3.05) is 26.2 Å². The predicted octanol–water partition coefficient (Wildman–Crippen LogP) is 4.30. The van der Waals surface area contributed by atoms with Crippen LogP contribution in [0.25, 0.3) is 0 Å². The summed E-state index contributed by atoms with van der Waals surface area (Å²) in [6, 6.07) is 8.90. The summed E-state index contributed by atoms with van der Waals surface area (Å²) in [5.74, 6) is 0. The van der Waals surface area contributed by atoms with Crippen LogP contribution in [-0.4, -0.2) is 36.0 Å². The minimum Gasteiger partial charge on any atom is -0.298 e. The molecule has 2 fully saturated rings. The number of likely N-dealkylation sites (tertiary alicyclic amines) is 2. The Morgan fingerprint density at radius 3 is 1.91 bits per heavy atom. The summed E-state index contributed by atoms with van der Waals surface area (Å²) >= 11 is 3.79. The van der Waals surface area contributed by atoms with Gasteiger partial charge in [0.15, 0.2) is 0 Å². The van der Waals surface area contributed by atoms with Crippen molar-refractivity contribution in [2.45, 2.75) is 32.4 Å². The second kappa shape index (κ2) is 6.44. The first-order chi connectivity index (χ1) is 10.8. The molecule has 2 aliphatic heterocycles. The Hall–Kier alpha value is -0.680. The molecule has 0 unspecified atom stereocenters. The van der Waals surface area contributed by atoms with E-state index in [9.17, 15) is 0 Å². The average Bonchev–Trinajstić information content (AvgIpc) is 3.26. The number of rotatable bonds is 4. The van der Waals surface area contributed by atoms with Crippen LogP contribution in [0.15, 0.2) is 35.0 Å². The minimum atomic E-state index is 0.614. The largest absolute Gasteiger partial charge is 0.298 e. The third-order valence-corrected chi connectivity index (χ3v) is 7.08. The van der Waals surface area contributed by atoms with E-state index in [1.807, 2.05) is 22.7 Å². The van der Waals surface area contributed by atoms with Crippen molar-refractivity contribution in [3.05, 3.63) is 44.8 Å². The molecule has 4 heterocycles. The van der Waals surface area contributed by atoms with E-state index in [1.54, 1.807) is 0 Å². The predicted molar refractivity (Wildman–Crippen MR) is 95.5 cm³/mol. The fourth-order valence-corrected chi connectivity index (χ4v) is 5.49. The topological polar surface area (TPSA) is 6.48 Å². The maximum Gasteiger partial charge on any atom is 0.0328 e. The third kappa shape index (κ3) is 3.30. The highest BCUT2D eigenvalue weighted by Crippen LogP contribution is 2.41. The molecule has 2 aromatic rings. The Labute approximate surface area is 141 Å². The van der Waals surface area contributed by atoms with Crippen molar-refractivity contribution < 1.29 is 0 Å². The van der Waals surface area contributed by atoms with Crippen LogP contribution in [0.5, 0.6) is 0 Å². The van der Waals surface area contributed by atoms with Gasteiger partial charge in [-0.1, -0.05) is 12.1 Å². The lowest BCUT2D eigenvalue weighted by atomic mass is 9.78. The van der Waals surface area contributed by atoms with Gasteiger partial charge in [-0.2, -0.15) is 0 Å². The van der Waals surface area contributed by atoms with Gasteiger partial charge >= 0.3 is 0 Å². The number of nitrogens with zero attached hydrogens (tertiary/aromatic N) is 2. The van der Waals surface area contributed by atoms with E-state index in [2.05, 4.69) is 44.8 Å². The van der Waals surface area contributed by atoms with E-state index in [-0.39, 0.29) is 0 Å². The molecule has 0 N–H and O–H groups in total. The summed E-state index contributed by atoms with van der Waals surface area (Å²) < 4.78 is 0.